The first-order valence-corrected chi connectivity index (χ1v) is 13.0. The number of hydrogen-bond acceptors (Lipinski definition) is 4. The SMILES string of the molecule is Cc1cc(C)cc(N(CCCC(=O)N2CCN(c3cccc(C(F)(F)F)c3)CC2)S(C)(=O)=O)c1. The number of aryl methyl sites for hydroxylation is 2. The number of amides is 1. The van der Waals surface area contributed by atoms with Gasteiger partial charge in [-0.1, -0.05) is 12.1 Å². The number of rotatable bonds is 7. The molecule has 0 spiro atoms. The fourth-order valence-electron chi connectivity index (χ4n) is 4.21. The van der Waals surface area contributed by atoms with Gasteiger partial charge in [0.25, 0.3) is 0 Å². The summed E-state index contributed by atoms with van der Waals surface area (Å²) in [5.41, 5.74) is 2.29. The Labute approximate surface area is 199 Å². The number of benzene rings is 2. The van der Waals surface area contributed by atoms with Crippen molar-refractivity contribution < 1.29 is 26.4 Å². The molecule has 1 saturated heterocycles. The van der Waals surface area contributed by atoms with E-state index in [-0.39, 0.29) is 18.9 Å². The average Bonchev–Trinajstić information content (AvgIpc) is 2.74. The van der Waals surface area contributed by atoms with E-state index < -0.39 is 21.8 Å². The van der Waals surface area contributed by atoms with E-state index >= 15 is 0 Å². The average molecular weight is 498 g/mol. The summed E-state index contributed by atoms with van der Waals surface area (Å²) in [4.78, 5) is 16.2. The molecule has 0 atom stereocenters. The highest BCUT2D eigenvalue weighted by atomic mass is 32.2. The zero-order valence-corrected chi connectivity index (χ0v) is 20.4. The Bertz CT molecular complexity index is 1110. The molecule has 10 heteroatoms. The number of alkyl halides is 3. The van der Waals surface area contributed by atoms with Gasteiger partial charge in [-0.2, -0.15) is 13.2 Å². The van der Waals surface area contributed by atoms with Crippen LogP contribution < -0.4 is 9.21 Å². The van der Waals surface area contributed by atoms with Crippen LogP contribution in [0.1, 0.15) is 29.5 Å². The highest BCUT2D eigenvalue weighted by molar-refractivity contribution is 7.92. The summed E-state index contributed by atoms with van der Waals surface area (Å²) in [5, 5.41) is 0. The molecule has 6 nitrogen and oxygen atoms in total. The Kier molecular flexibility index (Phi) is 7.80. The number of carbonyl (C=O) groups excluding carboxylic acids is 1. The van der Waals surface area contributed by atoms with Crippen LogP contribution in [-0.4, -0.2) is 58.2 Å². The van der Waals surface area contributed by atoms with Crippen LogP contribution >= 0.6 is 0 Å². The van der Waals surface area contributed by atoms with Crippen LogP contribution in [0.25, 0.3) is 0 Å². The van der Waals surface area contributed by atoms with Gasteiger partial charge in [-0.3, -0.25) is 9.10 Å². The van der Waals surface area contributed by atoms with Gasteiger partial charge in [0, 0.05) is 44.8 Å². The summed E-state index contributed by atoms with van der Waals surface area (Å²) in [7, 11) is -3.50. The second kappa shape index (κ2) is 10.2. The summed E-state index contributed by atoms with van der Waals surface area (Å²) >= 11 is 0. The number of piperazine rings is 1. The molecular formula is C24H30F3N3O3S. The molecule has 1 aliphatic rings. The first kappa shape index (κ1) is 25.9. The number of carbonyl (C=O) groups is 1. The minimum absolute atomic E-state index is 0.0856. The summed E-state index contributed by atoms with van der Waals surface area (Å²) in [5.74, 6) is -0.0856. The largest absolute Gasteiger partial charge is 0.416 e. The topological polar surface area (TPSA) is 60.9 Å². The molecule has 1 amide bonds. The van der Waals surface area contributed by atoms with Gasteiger partial charge in [0.15, 0.2) is 0 Å². The van der Waals surface area contributed by atoms with Crippen LogP contribution in [0.4, 0.5) is 24.5 Å². The van der Waals surface area contributed by atoms with Gasteiger partial charge < -0.3 is 9.80 Å². The molecule has 0 aliphatic carbocycles. The molecule has 3 rings (SSSR count). The highest BCUT2D eigenvalue weighted by Gasteiger charge is 2.31. The fraction of sp³-hybridized carbons (Fsp3) is 0.458. The zero-order valence-electron chi connectivity index (χ0n) is 19.6. The van der Waals surface area contributed by atoms with Crippen molar-refractivity contribution in [2.75, 3.05) is 48.2 Å². The molecule has 0 unspecified atom stereocenters. The molecule has 0 bridgehead atoms. The van der Waals surface area contributed by atoms with Crippen molar-refractivity contribution >= 4 is 27.3 Å². The predicted molar refractivity (Wildman–Crippen MR) is 128 cm³/mol. The molecule has 1 fully saturated rings. The second-order valence-electron chi connectivity index (χ2n) is 8.70. The molecule has 0 aromatic heterocycles. The van der Waals surface area contributed by atoms with E-state index in [4.69, 9.17) is 0 Å². The van der Waals surface area contributed by atoms with E-state index in [9.17, 15) is 26.4 Å². The number of sulfonamides is 1. The van der Waals surface area contributed by atoms with Gasteiger partial charge in [-0.25, -0.2) is 8.42 Å². The van der Waals surface area contributed by atoms with Gasteiger partial charge in [-0.15, -0.1) is 0 Å². The minimum atomic E-state index is -4.40. The zero-order chi connectivity index (χ0) is 25.1. The van der Waals surface area contributed by atoms with Crippen molar-refractivity contribution in [2.24, 2.45) is 0 Å². The monoisotopic (exact) mass is 497 g/mol. The highest BCUT2D eigenvalue weighted by Crippen LogP contribution is 2.32. The third-order valence-electron chi connectivity index (χ3n) is 5.82. The van der Waals surface area contributed by atoms with Gasteiger partial charge in [-0.05, 0) is 61.7 Å². The molecule has 1 heterocycles. The maximum absolute atomic E-state index is 13.0. The van der Waals surface area contributed by atoms with Crippen molar-refractivity contribution in [1.82, 2.24) is 4.90 Å². The Hall–Kier alpha value is -2.75. The van der Waals surface area contributed by atoms with E-state index in [0.29, 0.717) is 44.0 Å². The predicted octanol–water partition coefficient (Wildman–Crippen LogP) is 4.22. The Morgan fingerprint density at radius 3 is 2.18 bits per heavy atom. The molecule has 0 saturated carbocycles. The Morgan fingerprint density at radius 2 is 1.62 bits per heavy atom. The molecule has 0 radical (unpaired) electrons. The molecule has 186 valence electrons. The molecule has 2 aromatic rings. The van der Waals surface area contributed by atoms with Crippen molar-refractivity contribution in [2.45, 2.75) is 32.9 Å². The lowest BCUT2D eigenvalue weighted by atomic mass is 10.1. The Balaban J connectivity index is 1.55. The molecule has 1 aliphatic heterocycles. The van der Waals surface area contributed by atoms with Crippen LogP contribution in [0.5, 0.6) is 0 Å². The van der Waals surface area contributed by atoms with Gasteiger partial charge in [0.05, 0.1) is 17.5 Å². The lowest BCUT2D eigenvalue weighted by molar-refractivity contribution is -0.137. The van der Waals surface area contributed by atoms with Crippen molar-refractivity contribution in [3.8, 4) is 0 Å². The van der Waals surface area contributed by atoms with E-state index in [1.807, 2.05) is 36.9 Å². The first-order valence-electron chi connectivity index (χ1n) is 11.1. The summed E-state index contributed by atoms with van der Waals surface area (Å²) in [6, 6.07) is 10.8. The maximum atomic E-state index is 13.0. The summed E-state index contributed by atoms with van der Waals surface area (Å²) in [6.45, 7) is 5.68. The third-order valence-corrected chi connectivity index (χ3v) is 7.01. The normalized spacial score (nSPS) is 14.9. The molecule has 34 heavy (non-hydrogen) atoms. The number of hydrogen-bond donors (Lipinski definition) is 0. The van der Waals surface area contributed by atoms with Crippen LogP contribution in [0, 0.1) is 13.8 Å². The quantitative estimate of drug-likeness (QED) is 0.575. The van der Waals surface area contributed by atoms with Gasteiger partial charge in [0.2, 0.25) is 15.9 Å². The first-order chi connectivity index (χ1) is 15.8. The van der Waals surface area contributed by atoms with E-state index in [0.717, 1.165) is 29.5 Å². The van der Waals surface area contributed by atoms with Gasteiger partial charge >= 0.3 is 6.18 Å². The van der Waals surface area contributed by atoms with Crippen molar-refractivity contribution in [1.29, 1.82) is 0 Å². The fourth-order valence-corrected chi connectivity index (χ4v) is 5.16. The lowest BCUT2D eigenvalue weighted by Crippen LogP contribution is -2.49. The van der Waals surface area contributed by atoms with Gasteiger partial charge in [0.1, 0.15) is 0 Å². The number of halogens is 3. The third kappa shape index (κ3) is 6.65. The van der Waals surface area contributed by atoms with E-state index in [1.165, 1.54) is 10.4 Å². The standard InChI is InChI=1S/C24H30F3N3O3S/c1-18-14-19(2)16-22(15-18)30(34(3,32)33)9-5-8-23(31)29-12-10-28(11-13-29)21-7-4-6-20(17-21)24(25,26)27/h4,6-7,14-17H,5,8-13H2,1-3H3. The molecule has 2 aromatic carbocycles. The van der Waals surface area contributed by atoms with Crippen LogP contribution in [-0.2, 0) is 21.0 Å². The summed E-state index contributed by atoms with van der Waals surface area (Å²) < 4.78 is 65.0. The second-order valence-corrected chi connectivity index (χ2v) is 10.6. The van der Waals surface area contributed by atoms with E-state index in [1.54, 1.807) is 11.0 Å². The van der Waals surface area contributed by atoms with Crippen molar-refractivity contribution in [3.63, 3.8) is 0 Å². The maximum Gasteiger partial charge on any atom is 0.416 e. The van der Waals surface area contributed by atoms with Crippen LogP contribution in [0.3, 0.4) is 0 Å². The minimum Gasteiger partial charge on any atom is -0.368 e. The molecule has 0 N–H and O–H groups in total. The number of anilines is 2. The smallest absolute Gasteiger partial charge is 0.368 e. The number of nitrogens with zero attached hydrogens (tertiary/aromatic N) is 3. The van der Waals surface area contributed by atoms with Crippen LogP contribution in [0.15, 0.2) is 42.5 Å². The van der Waals surface area contributed by atoms with E-state index in [2.05, 4.69) is 0 Å². The lowest BCUT2D eigenvalue weighted by Gasteiger charge is -2.36. The Morgan fingerprint density at radius 1 is 1.00 bits per heavy atom. The van der Waals surface area contributed by atoms with Crippen LogP contribution in [0.2, 0.25) is 0 Å². The molecular weight excluding hydrogens is 467 g/mol. The summed E-state index contributed by atoms with van der Waals surface area (Å²) in [6.07, 6.45) is -2.68. The van der Waals surface area contributed by atoms with Crippen molar-refractivity contribution in [3.05, 3.63) is 59.2 Å².